The molecule has 0 radical (unpaired) electrons. The molecule has 2 aromatic carbocycles. The third kappa shape index (κ3) is 3.40. The Morgan fingerprint density at radius 3 is 2.52 bits per heavy atom. The molecule has 1 N–H and O–H groups in total. The van der Waals surface area contributed by atoms with E-state index in [4.69, 9.17) is 0 Å². The third-order valence-corrected chi connectivity index (χ3v) is 4.75. The molecular formula is C20H21FN2O2. The number of amides is 2. The highest BCUT2D eigenvalue weighted by Crippen LogP contribution is 2.28. The molecule has 1 heterocycles. The first-order chi connectivity index (χ1) is 12.0. The van der Waals surface area contributed by atoms with E-state index in [1.54, 1.807) is 11.0 Å². The molecule has 0 saturated carbocycles. The lowest BCUT2D eigenvalue weighted by Gasteiger charge is -2.31. The van der Waals surface area contributed by atoms with Gasteiger partial charge < -0.3 is 10.2 Å². The number of anilines is 1. The van der Waals surface area contributed by atoms with Crippen LogP contribution in [0.3, 0.4) is 0 Å². The first kappa shape index (κ1) is 17.1. The number of benzene rings is 2. The van der Waals surface area contributed by atoms with Gasteiger partial charge >= 0.3 is 0 Å². The summed E-state index contributed by atoms with van der Waals surface area (Å²) in [7, 11) is 0. The molecule has 0 spiro atoms. The Labute approximate surface area is 146 Å². The second-order valence-corrected chi connectivity index (χ2v) is 6.42. The molecule has 1 aliphatic rings. The normalized spacial score (nSPS) is 15.6. The van der Waals surface area contributed by atoms with Gasteiger partial charge in [-0.25, -0.2) is 4.39 Å². The van der Waals surface area contributed by atoms with Gasteiger partial charge in [0, 0.05) is 17.8 Å². The number of carbonyl (C=O) groups excluding carboxylic acids is 2. The molecule has 0 bridgehead atoms. The summed E-state index contributed by atoms with van der Waals surface area (Å²) >= 11 is 0. The van der Waals surface area contributed by atoms with E-state index in [2.05, 4.69) is 5.32 Å². The van der Waals surface area contributed by atoms with Crippen molar-refractivity contribution >= 4 is 17.5 Å². The zero-order valence-electron chi connectivity index (χ0n) is 14.3. The van der Waals surface area contributed by atoms with Gasteiger partial charge in [0.1, 0.15) is 11.9 Å². The Morgan fingerprint density at radius 2 is 1.88 bits per heavy atom. The minimum atomic E-state index is -0.574. The van der Waals surface area contributed by atoms with Gasteiger partial charge in [-0.2, -0.15) is 0 Å². The summed E-state index contributed by atoms with van der Waals surface area (Å²) in [5.41, 5.74) is 2.12. The summed E-state index contributed by atoms with van der Waals surface area (Å²) in [5, 5.41) is 2.81. The maximum absolute atomic E-state index is 13.0. The van der Waals surface area contributed by atoms with Crippen molar-refractivity contribution < 1.29 is 14.0 Å². The molecule has 0 saturated heterocycles. The van der Waals surface area contributed by atoms with Crippen molar-refractivity contribution in [1.82, 2.24) is 4.90 Å². The molecule has 4 nitrogen and oxygen atoms in total. The van der Waals surface area contributed by atoms with Crippen molar-refractivity contribution in [3.63, 3.8) is 0 Å². The van der Waals surface area contributed by atoms with Gasteiger partial charge in [0.2, 0.25) is 5.91 Å². The van der Waals surface area contributed by atoms with E-state index in [-0.39, 0.29) is 23.5 Å². The molecule has 25 heavy (non-hydrogen) atoms. The quantitative estimate of drug-likeness (QED) is 0.899. The summed E-state index contributed by atoms with van der Waals surface area (Å²) in [4.78, 5) is 27.3. The third-order valence-electron chi connectivity index (χ3n) is 4.75. The van der Waals surface area contributed by atoms with Crippen LogP contribution in [0, 0.1) is 11.7 Å². The first-order valence-electron chi connectivity index (χ1n) is 8.46. The van der Waals surface area contributed by atoms with Crippen LogP contribution in [0.25, 0.3) is 0 Å². The summed E-state index contributed by atoms with van der Waals surface area (Å²) in [6.07, 6.45) is 0.766. The molecule has 3 rings (SSSR count). The first-order valence-corrected chi connectivity index (χ1v) is 8.46. The number of rotatable bonds is 5. The van der Waals surface area contributed by atoms with Crippen LogP contribution in [0.1, 0.15) is 36.2 Å². The molecule has 2 amide bonds. The Hall–Kier alpha value is -2.69. The van der Waals surface area contributed by atoms with Gasteiger partial charge in [0.25, 0.3) is 5.91 Å². The molecule has 0 aromatic heterocycles. The average molecular weight is 340 g/mol. The van der Waals surface area contributed by atoms with Crippen molar-refractivity contribution in [2.24, 2.45) is 5.92 Å². The fourth-order valence-corrected chi connectivity index (χ4v) is 3.18. The summed E-state index contributed by atoms with van der Waals surface area (Å²) in [6, 6.07) is 12.5. The van der Waals surface area contributed by atoms with Crippen LogP contribution in [0.2, 0.25) is 0 Å². The predicted molar refractivity (Wildman–Crippen MR) is 94.6 cm³/mol. The molecule has 2 aromatic rings. The van der Waals surface area contributed by atoms with Crippen LogP contribution < -0.4 is 5.32 Å². The zero-order valence-corrected chi connectivity index (χ0v) is 14.3. The number of nitrogens with one attached hydrogen (secondary N) is 1. The molecule has 0 fully saturated rings. The molecule has 5 heteroatoms. The maximum atomic E-state index is 13.0. The topological polar surface area (TPSA) is 49.4 Å². The van der Waals surface area contributed by atoms with Gasteiger partial charge in [0.05, 0.1) is 0 Å². The minimum absolute atomic E-state index is 0.00119. The van der Waals surface area contributed by atoms with Gasteiger partial charge in [-0.05, 0) is 41.8 Å². The van der Waals surface area contributed by atoms with Crippen molar-refractivity contribution in [2.45, 2.75) is 32.9 Å². The highest BCUT2D eigenvalue weighted by molar-refractivity contribution is 6.03. The van der Waals surface area contributed by atoms with Gasteiger partial charge in [-0.3, -0.25) is 9.59 Å². The number of fused-ring (bicyclic) bond motifs is 1. The molecule has 1 aliphatic heterocycles. The fraction of sp³-hybridized carbons (Fsp3) is 0.300. The van der Waals surface area contributed by atoms with Crippen molar-refractivity contribution in [3.8, 4) is 0 Å². The summed E-state index contributed by atoms with van der Waals surface area (Å²) < 4.78 is 13.0. The van der Waals surface area contributed by atoms with E-state index in [1.165, 1.54) is 24.3 Å². The minimum Gasteiger partial charge on any atom is -0.324 e. The summed E-state index contributed by atoms with van der Waals surface area (Å²) in [5.74, 6) is -0.724. The Bertz CT molecular complexity index is 789. The standard InChI is InChI=1S/C20H21FN2O2/c1-3-13(2)18(19(24)22-16-10-8-15(21)9-11-16)23-12-14-6-4-5-7-17(14)20(23)25/h4-11,13,18H,3,12H2,1-2H3,(H,22,24)/t13?,18-/m0/s1. The Kier molecular flexibility index (Phi) is 4.83. The Morgan fingerprint density at radius 1 is 1.20 bits per heavy atom. The number of carbonyl (C=O) groups is 2. The second kappa shape index (κ2) is 7.05. The van der Waals surface area contributed by atoms with Crippen LogP contribution in [0.4, 0.5) is 10.1 Å². The SMILES string of the molecule is CCC(C)[C@@H](C(=O)Nc1ccc(F)cc1)N1Cc2ccccc2C1=O. The van der Waals surface area contributed by atoms with E-state index in [9.17, 15) is 14.0 Å². The smallest absolute Gasteiger partial charge is 0.255 e. The number of nitrogens with zero attached hydrogens (tertiary/aromatic N) is 1. The maximum Gasteiger partial charge on any atom is 0.255 e. The van der Waals surface area contributed by atoms with Gasteiger partial charge in [-0.15, -0.1) is 0 Å². The fourth-order valence-electron chi connectivity index (χ4n) is 3.18. The monoisotopic (exact) mass is 340 g/mol. The summed E-state index contributed by atoms with van der Waals surface area (Å²) in [6.45, 7) is 4.39. The molecule has 130 valence electrons. The number of hydrogen-bond acceptors (Lipinski definition) is 2. The second-order valence-electron chi connectivity index (χ2n) is 6.42. The highest BCUT2D eigenvalue weighted by Gasteiger charge is 2.38. The molecule has 1 unspecified atom stereocenters. The van der Waals surface area contributed by atoms with E-state index in [1.807, 2.05) is 32.0 Å². The number of halogens is 1. The molecule has 0 aliphatic carbocycles. The van der Waals surface area contributed by atoms with E-state index in [0.717, 1.165) is 12.0 Å². The highest BCUT2D eigenvalue weighted by atomic mass is 19.1. The van der Waals surface area contributed by atoms with Crippen LogP contribution >= 0.6 is 0 Å². The van der Waals surface area contributed by atoms with Gasteiger partial charge in [-0.1, -0.05) is 38.5 Å². The lowest BCUT2D eigenvalue weighted by Crippen LogP contribution is -2.48. The van der Waals surface area contributed by atoms with Crippen LogP contribution in [0.15, 0.2) is 48.5 Å². The lowest BCUT2D eigenvalue weighted by atomic mass is 9.96. The van der Waals surface area contributed by atoms with E-state index in [0.29, 0.717) is 17.8 Å². The molecule has 2 atom stereocenters. The largest absolute Gasteiger partial charge is 0.324 e. The molecular weight excluding hydrogens is 319 g/mol. The van der Waals surface area contributed by atoms with E-state index < -0.39 is 6.04 Å². The van der Waals surface area contributed by atoms with E-state index >= 15 is 0 Å². The van der Waals surface area contributed by atoms with Crippen LogP contribution in [-0.4, -0.2) is 22.8 Å². The lowest BCUT2D eigenvalue weighted by molar-refractivity contribution is -0.122. The zero-order chi connectivity index (χ0) is 18.0. The van der Waals surface area contributed by atoms with Crippen molar-refractivity contribution in [3.05, 3.63) is 65.5 Å². The van der Waals surface area contributed by atoms with Crippen LogP contribution in [0.5, 0.6) is 0 Å². The van der Waals surface area contributed by atoms with Gasteiger partial charge in [0.15, 0.2) is 0 Å². The Balaban J connectivity index is 1.84. The van der Waals surface area contributed by atoms with Crippen molar-refractivity contribution in [1.29, 1.82) is 0 Å². The average Bonchev–Trinajstić information content (AvgIpc) is 2.94. The predicted octanol–water partition coefficient (Wildman–Crippen LogP) is 3.83. The number of hydrogen-bond donors (Lipinski definition) is 1. The van der Waals surface area contributed by atoms with Crippen LogP contribution in [-0.2, 0) is 11.3 Å². The van der Waals surface area contributed by atoms with Crippen molar-refractivity contribution in [2.75, 3.05) is 5.32 Å².